The highest BCUT2D eigenvalue weighted by Crippen LogP contribution is 2.13. The van der Waals surface area contributed by atoms with Crippen molar-refractivity contribution in [2.75, 3.05) is 20.3 Å². The fourth-order valence-electron chi connectivity index (χ4n) is 1.50. The van der Waals surface area contributed by atoms with E-state index in [0.717, 1.165) is 6.42 Å². The SMILES string of the molecule is CCOC(OCC)C(Cc1cncs1)NC. The van der Waals surface area contributed by atoms with Crippen molar-refractivity contribution in [1.29, 1.82) is 0 Å². The highest BCUT2D eigenvalue weighted by atomic mass is 32.1. The molecule has 0 aromatic carbocycles. The van der Waals surface area contributed by atoms with Crippen LogP contribution in [-0.2, 0) is 15.9 Å². The smallest absolute Gasteiger partial charge is 0.173 e. The summed E-state index contributed by atoms with van der Waals surface area (Å²) in [7, 11) is 1.93. The lowest BCUT2D eigenvalue weighted by Gasteiger charge is -2.25. The van der Waals surface area contributed by atoms with E-state index in [2.05, 4.69) is 10.3 Å². The molecule has 4 nitrogen and oxygen atoms in total. The molecule has 1 atom stereocenters. The van der Waals surface area contributed by atoms with Gasteiger partial charge in [0.1, 0.15) is 0 Å². The summed E-state index contributed by atoms with van der Waals surface area (Å²) in [5.74, 6) is 0. The second-order valence-electron chi connectivity index (χ2n) is 3.35. The predicted octanol–water partition coefficient (Wildman–Crippen LogP) is 1.67. The van der Waals surface area contributed by atoms with Gasteiger partial charge in [0.15, 0.2) is 6.29 Å². The highest BCUT2D eigenvalue weighted by Gasteiger charge is 2.21. The van der Waals surface area contributed by atoms with Gasteiger partial charge >= 0.3 is 0 Å². The van der Waals surface area contributed by atoms with Gasteiger partial charge in [-0.15, -0.1) is 11.3 Å². The van der Waals surface area contributed by atoms with Crippen molar-refractivity contribution in [2.24, 2.45) is 0 Å². The second-order valence-corrected chi connectivity index (χ2v) is 4.32. The first-order valence-corrected chi connectivity index (χ1v) is 6.47. The lowest BCUT2D eigenvalue weighted by molar-refractivity contribution is -0.152. The van der Waals surface area contributed by atoms with Crippen LogP contribution in [0.5, 0.6) is 0 Å². The van der Waals surface area contributed by atoms with Gasteiger partial charge < -0.3 is 14.8 Å². The number of hydrogen-bond donors (Lipinski definition) is 1. The maximum absolute atomic E-state index is 5.58. The number of hydrogen-bond acceptors (Lipinski definition) is 5. The molecule has 1 aromatic heterocycles. The molecule has 0 aliphatic rings. The third-order valence-electron chi connectivity index (χ3n) is 2.27. The summed E-state index contributed by atoms with van der Waals surface area (Å²) in [4.78, 5) is 5.31. The van der Waals surface area contributed by atoms with E-state index >= 15 is 0 Å². The second kappa shape index (κ2) is 7.73. The normalized spacial score (nSPS) is 13.2. The van der Waals surface area contributed by atoms with Crippen LogP contribution < -0.4 is 5.32 Å². The molecule has 0 saturated carbocycles. The van der Waals surface area contributed by atoms with Crippen LogP contribution in [0.2, 0.25) is 0 Å². The predicted molar refractivity (Wildman–Crippen MR) is 65.7 cm³/mol. The highest BCUT2D eigenvalue weighted by molar-refractivity contribution is 7.09. The van der Waals surface area contributed by atoms with Crippen molar-refractivity contribution in [1.82, 2.24) is 10.3 Å². The van der Waals surface area contributed by atoms with Crippen molar-refractivity contribution >= 4 is 11.3 Å². The van der Waals surface area contributed by atoms with E-state index in [9.17, 15) is 0 Å². The van der Waals surface area contributed by atoms with Crippen LogP contribution in [0.3, 0.4) is 0 Å². The van der Waals surface area contributed by atoms with Crippen molar-refractivity contribution < 1.29 is 9.47 Å². The summed E-state index contributed by atoms with van der Waals surface area (Å²) in [5.41, 5.74) is 1.85. The molecular weight excluding hydrogens is 224 g/mol. The number of thiazole rings is 1. The van der Waals surface area contributed by atoms with Crippen LogP contribution in [0.25, 0.3) is 0 Å². The van der Waals surface area contributed by atoms with Gasteiger partial charge in [0.25, 0.3) is 0 Å². The van der Waals surface area contributed by atoms with E-state index in [1.54, 1.807) is 11.3 Å². The number of nitrogens with one attached hydrogen (secondary N) is 1. The van der Waals surface area contributed by atoms with E-state index in [0.29, 0.717) is 13.2 Å². The van der Waals surface area contributed by atoms with Crippen molar-refractivity contribution in [3.05, 3.63) is 16.6 Å². The summed E-state index contributed by atoms with van der Waals surface area (Å²) in [6, 6.07) is 0.167. The molecule has 1 N–H and O–H groups in total. The van der Waals surface area contributed by atoms with Gasteiger partial charge in [-0.2, -0.15) is 0 Å². The minimum absolute atomic E-state index is 0.167. The zero-order valence-electron chi connectivity index (χ0n) is 10.1. The number of likely N-dealkylation sites (N-methyl/N-ethyl adjacent to an activating group) is 1. The van der Waals surface area contributed by atoms with Crippen LogP contribution >= 0.6 is 11.3 Å². The zero-order chi connectivity index (χ0) is 11.8. The minimum atomic E-state index is -0.193. The molecule has 0 fully saturated rings. The van der Waals surface area contributed by atoms with E-state index in [1.807, 2.05) is 32.6 Å². The molecule has 5 heteroatoms. The lowest BCUT2D eigenvalue weighted by Crippen LogP contribution is -2.42. The van der Waals surface area contributed by atoms with E-state index in [4.69, 9.17) is 9.47 Å². The fraction of sp³-hybridized carbons (Fsp3) is 0.727. The molecule has 0 aliphatic carbocycles. The monoisotopic (exact) mass is 244 g/mol. The van der Waals surface area contributed by atoms with Crippen LogP contribution in [0.1, 0.15) is 18.7 Å². The summed E-state index contributed by atoms with van der Waals surface area (Å²) in [6.45, 7) is 5.27. The summed E-state index contributed by atoms with van der Waals surface area (Å²) in [6.07, 6.45) is 2.58. The van der Waals surface area contributed by atoms with Gasteiger partial charge in [-0.3, -0.25) is 4.98 Å². The van der Waals surface area contributed by atoms with Crippen LogP contribution in [0.4, 0.5) is 0 Å². The van der Waals surface area contributed by atoms with Crippen LogP contribution in [-0.4, -0.2) is 37.6 Å². The Morgan fingerprint density at radius 1 is 1.38 bits per heavy atom. The fourth-order valence-corrected chi connectivity index (χ4v) is 2.16. The standard InChI is InChI=1S/C11H20N2O2S/c1-4-14-11(15-5-2)10(12-3)6-9-7-13-8-16-9/h7-8,10-12H,4-6H2,1-3H3. The molecule has 1 aromatic rings. The Balaban J connectivity index is 2.55. The zero-order valence-corrected chi connectivity index (χ0v) is 10.9. The molecule has 16 heavy (non-hydrogen) atoms. The van der Waals surface area contributed by atoms with Crippen molar-refractivity contribution in [3.63, 3.8) is 0 Å². The Kier molecular flexibility index (Phi) is 6.56. The Hall–Kier alpha value is -0.490. The largest absolute Gasteiger partial charge is 0.351 e. The lowest BCUT2D eigenvalue weighted by atomic mass is 10.2. The Labute approximate surface area is 101 Å². The molecule has 0 spiro atoms. The topological polar surface area (TPSA) is 43.4 Å². The van der Waals surface area contributed by atoms with Gasteiger partial charge in [-0.05, 0) is 20.9 Å². The quantitative estimate of drug-likeness (QED) is 0.707. The van der Waals surface area contributed by atoms with Gasteiger partial charge in [0, 0.05) is 30.7 Å². The molecule has 0 bridgehead atoms. The summed E-state index contributed by atoms with van der Waals surface area (Å²) in [5, 5.41) is 3.24. The van der Waals surface area contributed by atoms with E-state index < -0.39 is 0 Å². The average Bonchev–Trinajstić information content (AvgIpc) is 2.78. The van der Waals surface area contributed by atoms with E-state index in [-0.39, 0.29) is 12.3 Å². The molecule has 0 aliphatic heterocycles. The minimum Gasteiger partial charge on any atom is -0.351 e. The van der Waals surface area contributed by atoms with Gasteiger partial charge in [-0.25, -0.2) is 0 Å². The number of aromatic nitrogens is 1. The average molecular weight is 244 g/mol. The maximum Gasteiger partial charge on any atom is 0.173 e. The van der Waals surface area contributed by atoms with Crippen molar-refractivity contribution in [2.45, 2.75) is 32.6 Å². The molecule has 92 valence electrons. The third kappa shape index (κ3) is 4.17. The van der Waals surface area contributed by atoms with Crippen LogP contribution in [0.15, 0.2) is 11.7 Å². The Morgan fingerprint density at radius 2 is 2.06 bits per heavy atom. The Morgan fingerprint density at radius 3 is 2.50 bits per heavy atom. The molecule has 0 radical (unpaired) electrons. The molecular formula is C11H20N2O2S. The molecule has 0 amide bonds. The number of nitrogens with zero attached hydrogens (tertiary/aromatic N) is 1. The van der Waals surface area contributed by atoms with Gasteiger partial charge in [-0.1, -0.05) is 0 Å². The Bertz CT molecular complexity index is 261. The number of ether oxygens (including phenoxy) is 2. The van der Waals surface area contributed by atoms with Gasteiger partial charge in [0.05, 0.1) is 11.6 Å². The molecule has 1 unspecified atom stereocenters. The number of rotatable bonds is 8. The van der Waals surface area contributed by atoms with Crippen LogP contribution in [0, 0.1) is 0 Å². The van der Waals surface area contributed by atoms with Gasteiger partial charge in [0.2, 0.25) is 0 Å². The molecule has 1 heterocycles. The summed E-state index contributed by atoms with van der Waals surface area (Å²) >= 11 is 1.66. The first kappa shape index (κ1) is 13.6. The molecule has 0 saturated heterocycles. The van der Waals surface area contributed by atoms with E-state index in [1.165, 1.54) is 4.88 Å². The summed E-state index contributed by atoms with van der Waals surface area (Å²) < 4.78 is 11.2. The maximum atomic E-state index is 5.58. The third-order valence-corrected chi connectivity index (χ3v) is 3.07. The first-order valence-electron chi connectivity index (χ1n) is 5.59. The molecule has 1 rings (SSSR count). The van der Waals surface area contributed by atoms with Crippen molar-refractivity contribution in [3.8, 4) is 0 Å². The first-order chi connectivity index (χ1) is 7.81.